The molecular weight excluding hydrogens is 386 g/mol. The Balaban J connectivity index is 1.39. The zero-order valence-corrected chi connectivity index (χ0v) is 16.6. The van der Waals surface area contributed by atoms with Crippen LogP contribution in [0.5, 0.6) is 0 Å². The van der Waals surface area contributed by atoms with E-state index in [0.717, 1.165) is 16.0 Å². The minimum atomic E-state index is -0.564. The molecule has 1 heterocycles. The van der Waals surface area contributed by atoms with Crippen LogP contribution in [0.4, 0.5) is 0 Å². The van der Waals surface area contributed by atoms with Gasteiger partial charge in [0.1, 0.15) is 0 Å². The van der Waals surface area contributed by atoms with Crippen molar-refractivity contribution < 1.29 is 19.1 Å². The van der Waals surface area contributed by atoms with Gasteiger partial charge in [-0.25, -0.2) is 0 Å². The Morgan fingerprint density at radius 1 is 0.828 bits per heavy atom. The summed E-state index contributed by atoms with van der Waals surface area (Å²) in [6.07, 6.45) is -0.0161. The quantitative estimate of drug-likeness (QED) is 0.425. The summed E-state index contributed by atoms with van der Waals surface area (Å²) in [5, 5.41) is 4.60. The Kier molecular flexibility index (Phi) is 7.30. The van der Waals surface area contributed by atoms with Crippen LogP contribution in [-0.4, -0.2) is 24.3 Å². The van der Waals surface area contributed by atoms with Gasteiger partial charge in [0.05, 0.1) is 13.0 Å². The molecule has 3 aromatic rings. The molecule has 1 aromatic heterocycles. The summed E-state index contributed by atoms with van der Waals surface area (Å²) >= 11 is 1.54. The third-order valence-corrected chi connectivity index (χ3v) is 5.15. The first-order valence-corrected chi connectivity index (χ1v) is 10.1. The smallest absolute Gasteiger partial charge is 0.306 e. The van der Waals surface area contributed by atoms with E-state index in [1.54, 1.807) is 12.1 Å². The summed E-state index contributed by atoms with van der Waals surface area (Å²) < 4.78 is 4.94. The zero-order chi connectivity index (χ0) is 20.5. The van der Waals surface area contributed by atoms with E-state index in [1.165, 1.54) is 11.3 Å². The molecule has 0 spiro atoms. The van der Waals surface area contributed by atoms with Crippen LogP contribution in [-0.2, 0) is 20.9 Å². The van der Waals surface area contributed by atoms with Crippen molar-refractivity contribution in [2.45, 2.75) is 19.4 Å². The number of rotatable bonds is 9. The number of Topliss-reactive ketones (excluding diaryl/α,β-unsaturated/α-hetero) is 1. The number of hydrogen-bond donors (Lipinski definition) is 1. The van der Waals surface area contributed by atoms with Crippen LogP contribution >= 0.6 is 11.3 Å². The van der Waals surface area contributed by atoms with Crippen molar-refractivity contribution in [3.63, 3.8) is 0 Å². The lowest BCUT2D eigenvalue weighted by Gasteiger charge is -2.06. The Hall–Kier alpha value is -3.25. The fraction of sp³-hybridized carbons (Fsp3) is 0.174. The largest absolute Gasteiger partial charge is 0.456 e. The lowest BCUT2D eigenvalue weighted by atomic mass is 10.0. The maximum Gasteiger partial charge on any atom is 0.306 e. The highest BCUT2D eigenvalue weighted by molar-refractivity contribution is 7.09. The summed E-state index contributed by atoms with van der Waals surface area (Å²) in [7, 11) is 0. The summed E-state index contributed by atoms with van der Waals surface area (Å²) in [5.74, 6) is -1.07. The summed E-state index contributed by atoms with van der Waals surface area (Å²) in [6, 6.07) is 21.0. The number of esters is 1. The number of ketones is 1. The average molecular weight is 407 g/mol. The molecule has 5 nitrogen and oxygen atoms in total. The Labute approximate surface area is 173 Å². The first kappa shape index (κ1) is 20.5. The predicted octanol–water partition coefficient (Wildman–Crippen LogP) is 4.24. The van der Waals surface area contributed by atoms with Crippen LogP contribution in [0.3, 0.4) is 0 Å². The highest BCUT2D eigenvalue weighted by Gasteiger charge is 2.12. The van der Waals surface area contributed by atoms with Crippen molar-refractivity contribution in [1.29, 1.82) is 0 Å². The van der Waals surface area contributed by atoms with Gasteiger partial charge >= 0.3 is 5.97 Å². The molecular formula is C23H21NO4S. The SMILES string of the molecule is O=C(COC(=O)CCC(=O)c1ccc(-c2ccccc2)cc1)NCc1cccs1. The predicted molar refractivity (Wildman–Crippen MR) is 113 cm³/mol. The maximum absolute atomic E-state index is 12.3. The maximum atomic E-state index is 12.3. The van der Waals surface area contributed by atoms with E-state index < -0.39 is 5.97 Å². The molecule has 0 radical (unpaired) electrons. The summed E-state index contributed by atoms with van der Waals surface area (Å²) in [6.45, 7) is 0.0652. The third-order valence-electron chi connectivity index (χ3n) is 4.27. The molecule has 0 aliphatic rings. The van der Waals surface area contributed by atoms with Gasteiger partial charge < -0.3 is 10.1 Å². The van der Waals surface area contributed by atoms with E-state index in [-0.39, 0.29) is 31.1 Å². The van der Waals surface area contributed by atoms with Gasteiger partial charge in [-0.2, -0.15) is 0 Å². The Morgan fingerprint density at radius 3 is 2.24 bits per heavy atom. The number of ether oxygens (including phenoxy) is 1. The molecule has 0 aliphatic carbocycles. The van der Waals surface area contributed by atoms with E-state index in [2.05, 4.69) is 5.32 Å². The molecule has 0 fully saturated rings. The van der Waals surface area contributed by atoms with Gasteiger partial charge in [-0.05, 0) is 22.6 Å². The molecule has 29 heavy (non-hydrogen) atoms. The highest BCUT2D eigenvalue weighted by atomic mass is 32.1. The van der Waals surface area contributed by atoms with Gasteiger partial charge in [0, 0.05) is 16.9 Å². The van der Waals surface area contributed by atoms with E-state index >= 15 is 0 Å². The Morgan fingerprint density at radius 2 is 1.55 bits per heavy atom. The highest BCUT2D eigenvalue weighted by Crippen LogP contribution is 2.20. The molecule has 6 heteroatoms. The van der Waals surface area contributed by atoms with Crippen molar-refractivity contribution in [2.24, 2.45) is 0 Å². The van der Waals surface area contributed by atoms with Crippen LogP contribution in [0, 0.1) is 0 Å². The monoisotopic (exact) mass is 407 g/mol. The van der Waals surface area contributed by atoms with Crippen LogP contribution < -0.4 is 5.32 Å². The van der Waals surface area contributed by atoms with Crippen molar-refractivity contribution >= 4 is 29.0 Å². The minimum Gasteiger partial charge on any atom is -0.456 e. The number of carbonyl (C=O) groups excluding carboxylic acids is 3. The normalized spacial score (nSPS) is 10.3. The van der Waals surface area contributed by atoms with Crippen molar-refractivity contribution in [3.05, 3.63) is 82.6 Å². The van der Waals surface area contributed by atoms with Gasteiger partial charge in [-0.15, -0.1) is 11.3 Å². The fourth-order valence-corrected chi connectivity index (χ4v) is 3.35. The second kappa shape index (κ2) is 10.3. The van der Waals surface area contributed by atoms with E-state index in [0.29, 0.717) is 12.1 Å². The molecule has 0 atom stereocenters. The van der Waals surface area contributed by atoms with E-state index in [4.69, 9.17) is 4.74 Å². The molecule has 0 saturated carbocycles. The molecule has 1 N–H and O–H groups in total. The molecule has 0 unspecified atom stereocenters. The first-order chi connectivity index (χ1) is 14.1. The number of benzene rings is 2. The zero-order valence-electron chi connectivity index (χ0n) is 15.8. The molecule has 1 amide bonds. The van der Waals surface area contributed by atoms with Gasteiger partial charge in [-0.3, -0.25) is 14.4 Å². The lowest BCUT2D eigenvalue weighted by Crippen LogP contribution is -2.28. The fourth-order valence-electron chi connectivity index (χ4n) is 2.71. The molecule has 0 aliphatic heterocycles. The van der Waals surface area contributed by atoms with Gasteiger partial charge in [0.15, 0.2) is 12.4 Å². The molecule has 0 bridgehead atoms. The van der Waals surface area contributed by atoms with Crippen LogP contribution in [0.2, 0.25) is 0 Å². The summed E-state index contributed by atoms with van der Waals surface area (Å²) in [4.78, 5) is 36.8. The average Bonchev–Trinajstić information content (AvgIpc) is 3.29. The van der Waals surface area contributed by atoms with E-state index in [1.807, 2.05) is 60.0 Å². The molecule has 3 rings (SSSR count). The second-order valence-electron chi connectivity index (χ2n) is 6.38. The molecule has 148 valence electrons. The van der Waals surface area contributed by atoms with Crippen LogP contribution in [0.25, 0.3) is 11.1 Å². The number of nitrogens with one attached hydrogen (secondary N) is 1. The van der Waals surface area contributed by atoms with E-state index in [9.17, 15) is 14.4 Å². The topological polar surface area (TPSA) is 72.5 Å². The Bertz CT molecular complexity index is 950. The number of carbonyl (C=O) groups is 3. The minimum absolute atomic E-state index is 0.0420. The number of amides is 1. The molecule has 0 saturated heterocycles. The van der Waals surface area contributed by atoms with Crippen molar-refractivity contribution in [1.82, 2.24) is 5.32 Å². The van der Waals surface area contributed by atoms with Crippen molar-refractivity contribution in [2.75, 3.05) is 6.61 Å². The lowest BCUT2D eigenvalue weighted by molar-refractivity contribution is -0.148. The summed E-state index contributed by atoms with van der Waals surface area (Å²) in [5.41, 5.74) is 2.65. The third kappa shape index (κ3) is 6.40. The standard InChI is InChI=1S/C23H21NO4S/c25-21(19-10-8-18(9-11-19)17-5-2-1-3-6-17)12-13-23(27)28-16-22(26)24-15-20-7-4-14-29-20/h1-11,14H,12-13,15-16H2,(H,24,26). The van der Waals surface area contributed by atoms with Gasteiger partial charge in [-0.1, -0.05) is 60.7 Å². The van der Waals surface area contributed by atoms with Gasteiger partial charge in [0.2, 0.25) is 0 Å². The van der Waals surface area contributed by atoms with Crippen LogP contribution in [0.15, 0.2) is 72.1 Å². The number of hydrogen-bond acceptors (Lipinski definition) is 5. The van der Waals surface area contributed by atoms with Gasteiger partial charge in [0.25, 0.3) is 5.91 Å². The number of thiophene rings is 1. The molecule has 2 aromatic carbocycles. The van der Waals surface area contributed by atoms with Crippen molar-refractivity contribution in [3.8, 4) is 11.1 Å². The first-order valence-electron chi connectivity index (χ1n) is 9.25. The second-order valence-corrected chi connectivity index (χ2v) is 7.42. The van der Waals surface area contributed by atoms with Crippen LogP contribution in [0.1, 0.15) is 28.1 Å².